The van der Waals surface area contributed by atoms with Crippen molar-refractivity contribution in [2.45, 2.75) is 13.0 Å². The van der Waals surface area contributed by atoms with Gasteiger partial charge >= 0.3 is 5.97 Å². The summed E-state index contributed by atoms with van der Waals surface area (Å²) >= 11 is 0. The highest BCUT2D eigenvalue weighted by Gasteiger charge is 2.22. The summed E-state index contributed by atoms with van der Waals surface area (Å²) in [6.45, 7) is 1.23. The molecule has 0 aromatic heterocycles. The number of esters is 1. The van der Waals surface area contributed by atoms with Gasteiger partial charge in [-0.1, -0.05) is 0 Å². The molecule has 0 heterocycles. The molecule has 1 aromatic rings. The first-order valence-electron chi connectivity index (χ1n) is 4.55. The van der Waals surface area contributed by atoms with Crippen molar-refractivity contribution in [3.63, 3.8) is 0 Å². The Labute approximate surface area is 94.4 Å². The van der Waals surface area contributed by atoms with Gasteiger partial charge in [-0.3, -0.25) is 0 Å². The van der Waals surface area contributed by atoms with E-state index in [0.717, 1.165) is 7.11 Å². The number of rotatable bonds is 3. The zero-order valence-electron chi connectivity index (χ0n) is 8.98. The monoisotopic (exact) mass is 251 g/mol. The standard InChI is InChI=1S/C10H9F4NO2/c1-4(10(16)17-2)15-9-7(13)5(11)3-6(12)8(9)14/h3-4,15H,1-2H3. The number of carbonyl (C=O) groups excluding carboxylic acids is 1. The summed E-state index contributed by atoms with van der Waals surface area (Å²) in [4.78, 5) is 11.0. The van der Waals surface area contributed by atoms with E-state index in [2.05, 4.69) is 4.74 Å². The second-order valence-electron chi connectivity index (χ2n) is 3.23. The molecule has 0 saturated carbocycles. The van der Waals surface area contributed by atoms with Crippen LogP contribution in [-0.4, -0.2) is 19.1 Å². The second kappa shape index (κ2) is 5.03. The fraction of sp³-hybridized carbons (Fsp3) is 0.300. The molecule has 94 valence electrons. The molecule has 3 nitrogen and oxygen atoms in total. The van der Waals surface area contributed by atoms with E-state index in [1.165, 1.54) is 6.92 Å². The molecule has 1 aromatic carbocycles. The molecule has 0 aliphatic carbocycles. The molecular weight excluding hydrogens is 242 g/mol. The first-order valence-corrected chi connectivity index (χ1v) is 4.55. The van der Waals surface area contributed by atoms with Crippen LogP contribution < -0.4 is 5.32 Å². The molecule has 0 spiro atoms. The van der Waals surface area contributed by atoms with Crippen LogP contribution in [0, 0.1) is 23.3 Å². The Morgan fingerprint density at radius 2 is 1.71 bits per heavy atom. The molecular formula is C10H9F4NO2. The average molecular weight is 251 g/mol. The van der Waals surface area contributed by atoms with Crippen molar-refractivity contribution in [1.82, 2.24) is 0 Å². The maximum atomic E-state index is 13.2. The van der Waals surface area contributed by atoms with Crippen molar-refractivity contribution >= 4 is 11.7 Å². The third-order valence-corrected chi connectivity index (χ3v) is 2.03. The highest BCUT2D eigenvalue weighted by Crippen LogP contribution is 2.24. The van der Waals surface area contributed by atoms with Gasteiger partial charge in [-0.05, 0) is 6.92 Å². The van der Waals surface area contributed by atoms with Gasteiger partial charge in [0, 0.05) is 6.07 Å². The van der Waals surface area contributed by atoms with E-state index in [4.69, 9.17) is 0 Å². The molecule has 0 aliphatic heterocycles. The molecule has 0 amide bonds. The number of hydrogen-bond acceptors (Lipinski definition) is 3. The van der Waals surface area contributed by atoms with E-state index in [1.54, 1.807) is 0 Å². The zero-order valence-corrected chi connectivity index (χ0v) is 8.98. The summed E-state index contributed by atoms with van der Waals surface area (Å²) in [6, 6.07) is -1.07. The third-order valence-electron chi connectivity index (χ3n) is 2.03. The van der Waals surface area contributed by atoms with Crippen LogP contribution in [0.25, 0.3) is 0 Å². The van der Waals surface area contributed by atoms with Crippen LogP contribution in [0.3, 0.4) is 0 Å². The summed E-state index contributed by atoms with van der Waals surface area (Å²) in [5.41, 5.74) is -1.04. The van der Waals surface area contributed by atoms with Gasteiger partial charge in [-0.15, -0.1) is 0 Å². The molecule has 0 bridgehead atoms. The lowest BCUT2D eigenvalue weighted by molar-refractivity contribution is -0.141. The molecule has 1 unspecified atom stereocenters. The van der Waals surface area contributed by atoms with Gasteiger partial charge in [-0.25, -0.2) is 22.4 Å². The minimum Gasteiger partial charge on any atom is -0.467 e. The largest absolute Gasteiger partial charge is 0.467 e. The topological polar surface area (TPSA) is 38.3 Å². The van der Waals surface area contributed by atoms with Crippen molar-refractivity contribution in [3.05, 3.63) is 29.3 Å². The Balaban J connectivity index is 3.10. The summed E-state index contributed by atoms with van der Waals surface area (Å²) in [6.07, 6.45) is 0. The lowest BCUT2D eigenvalue weighted by Crippen LogP contribution is -2.28. The van der Waals surface area contributed by atoms with Crippen LogP contribution >= 0.6 is 0 Å². The van der Waals surface area contributed by atoms with Crippen LogP contribution in [0.5, 0.6) is 0 Å². The molecule has 1 N–H and O–H groups in total. The minimum atomic E-state index is -1.60. The van der Waals surface area contributed by atoms with Crippen molar-refractivity contribution in [2.24, 2.45) is 0 Å². The van der Waals surface area contributed by atoms with E-state index in [1.807, 2.05) is 5.32 Å². The predicted octanol–water partition coefficient (Wildman–Crippen LogP) is 2.22. The van der Waals surface area contributed by atoms with Gasteiger partial charge in [0.2, 0.25) is 0 Å². The Hall–Kier alpha value is -1.79. The maximum absolute atomic E-state index is 13.2. The minimum absolute atomic E-state index is 0.0820. The van der Waals surface area contributed by atoms with Crippen LogP contribution in [0.1, 0.15) is 6.92 Å². The lowest BCUT2D eigenvalue weighted by atomic mass is 10.2. The van der Waals surface area contributed by atoms with Crippen molar-refractivity contribution in [3.8, 4) is 0 Å². The molecule has 17 heavy (non-hydrogen) atoms. The van der Waals surface area contributed by atoms with Crippen molar-refractivity contribution in [1.29, 1.82) is 0 Å². The predicted molar refractivity (Wildman–Crippen MR) is 51.4 cm³/mol. The summed E-state index contributed by atoms with van der Waals surface area (Å²) < 4.78 is 56.3. The van der Waals surface area contributed by atoms with E-state index >= 15 is 0 Å². The summed E-state index contributed by atoms with van der Waals surface area (Å²) in [7, 11) is 1.07. The smallest absolute Gasteiger partial charge is 0.327 e. The van der Waals surface area contributed by atoms with E-state index < -0.39 is 41.0 Å². The van der Waals surface area contributed by atoms with E-state index in [9.17, 15) is 22.4 Å². The molecule has 0 aliphatic rings. The lowest BCUT2D eigenvalue weighted by Gasteiger charge is -2.14. The van der Waals surface area contributed by atoms with Crippen molar-refractivity contribution in [2.75, 3.05) is 12.4 Å². The van der Waals surface area contributed by atoms with E-state index in [-0.39, 0.29) is 6.07 Å². The van der Waals surface area contributed by atoms with Gasteiger partial charge in [0.05, 0.1) is 7.11 Å². The van der Waals surface area contributed by atoms with Gasteiger partial charge in [0.25, 0.3) is 0 Å². The van der Waals surface area contributed by atoms with Crippen LogP contribution in [0.4, 0.5) is 23.2 Å². The number of carbonyl (C=O) groups is 1. The number of hydrogen-bond donors (Lipinski definition) is 1. The quantitative estimate of drug-likeness (QED) is 0.508. The number of ether oxygens (including phenoxy) is 1. The first-order chi connectivity index (χ1) is 7.88. The Bertz CT molecular complexity index is 424. The normalized spacial score (nSPS) is 12.1. The summed E-state index contributed by atoms with van der Waals surface area (Å²) in [5, 5.41) is 2.01. The fourth-order valence-corrected chi connectivity index (χ4v) is 1.15. The average Bonchev–Trinajstić information content (AvgIpc) is 2.30. The number of methoxy groups -OCH3 is 1. The van der Waals surface area contributed by atoms with Crippen LogP contribution in [-0.2, 0) is 9.53 Å². The number of benzene rings is 1. The first kappa shape index (κ1) is 13.3. The van der Waals surface area contributed by atoms with Gasteiger partial charge in [-0.2, -0.15) is 0 Å². The van der Waals surface area contributed by atoms with Gasteiger partial charge in [0.15, 0.2) is 23.3 Å². The molecule has 0 saturated heterocycles. The molecule has 1 rings (SSSR count). The third kappa shape index (κ3) is 2.66. The van der Waals surface area contributed by atoms with Crippen LogP contribution in [0.2, 0.25) is 0 Å². The summed E-state index contributed by atoms with van der Waals surface area (Å²) in [5.74, 6) is -7.13. The highest BCUT2D eigenvalue weighted by molar-refractivity contribution is 5.78. The second-order valence-corrected chi connectivity index (χ2v) is 3.23. The van der Waals surface area contributed by atoms with Gasteiger partial charge in [0.1, 0.15) is 11.7 Å². The maximum Gasteiger partial charge on any atom is 0.327 e. The zero-order chi connectivity index (χ0) is 13.2. The van der Waals surface area contributed by atoms with Crippen molar-refractivity contribution < 1.29 is 27.1 Å². The number of anilines is 1. The highest BCUT2D eigenvalue weighted by atomic mass is 19.2. The molecule has 0 radical (unpaired) electrons. The molecule has 7 heteroatoms. The van der Waals surface area contributed by atoms with Gasteiger partial charge < -0.3 is 10.1 Å². The van der Waals surface area contributed by atoms with E-state index in [0.29, 0.717) is 0 Å². The Morgan fingerprint density at radius 3 is 2.12 bits per heavy atom. The molecule has 1 atom stereocenters. The Morgan fingerprint density at radius 1 is 1.24 bits per heavy atom. The number of halogens is 4. The fourth-order valence-electron chi connectivity index (χ4n) is 1.15. The SMILES string of the molecule is COC(=O)C(C)Nc1c(F)c(F)cc(F)c1F. The Kier molecular flexibility index (Phi) is 3.93. The number of nitrogens with one attached hydrogen (secondary N) is 1. The van der Waals surface area contributed by atoms with Crippen LogP contribution in [0.15, 0.2) is 6.07 Å². The molecule has 0 fully saturated rings.